The molecule has 0 aliphatic carbocycles. The van der Waals surface area contributed by atoms with Gasteiger partial charge in [0.1, 0.15) is 0 Å². The summed E-state index contributed by atoms with van der Waals surface area (Å²) in [5, 5.41) is 3.89. The Bertz CT molecular complexity index is 1230. The summed E-state index contributed by atoms with van der Waals surface area (Å²) in [6.45, 7) is -0.768. The monoisotopic (exact) mass is 550 g/mol. The Morgan fingerprint density at radius 1 is 0.812 bits per heavy atom. The Kier molecular flexibility index (Phi) is 8.33. The van der Waals surface area contributed by atoms with Crippen molar-refractivity contribution in [2.24, 2.45) is 0 Å². The molecule has 0 fully saturated rings. The number of nitrogens with one attached hydrogen (secondary N) is 1. The second kappa shape index (κ2) is 10.6. The lowest BCUT2D eigenvalue weighted by molar-refractivity contribution is -0.116. The minimum atomic E-state index is -4.12. The van der Waals surface area contributed by atoms with Gasteiger partial charge in [0.25, 0.3) is 0 Å². The van der Waals surface area contributed by atoms with E-state index in [1.54, 1.807) is 36.4 Å². The highest BCUT2D eigenvalue weighted by Crippen LogP contribution is 2.31. The largest absolute Gasteiger partial charge is 0.324 e. The van der Waals surface area contributed by atoms with Gasteiger partial charge in [0.15, 0.2) is 0 Å². The molecule has 0 aliphatic rings. The smallest absolute Gasteiger partial charge is 0.243 e. The maximum Gasteiger partial charge on any atom is 0.243 e. The van der Waals surface area contributed by atoms with Crippen LogP contribution in [0.5, 0.6) is 0 Å². The highest BCUT2D eigenvalue weighted by molar-refractivity contribution is 7.89. The number of halogens is 5. The van der Waals surface area contributed by atoms with Crippen LogP contribution in [0, 0.1) is 0 Å². The fourth-order valence-corrected chi connectivity index (χ4v) is 5.15. The second-order valence-corrected chi connectivity index (χ2v) is 10.6. The van der Waals surface area contributed by atoms with E-state index in [2.05, 4.69) is 5.32 Å². The lowest BCUT2D eigenvalue weighted by atomic mass is 10.2. The molecule has 3 rings (SSSR count). The number of carbonyl (C=O) groups is 1. The van der Waals surface area contributed by atoms with Crippen LogP contribution in [0.1, 0.15) is 5.56 Å². The molecule has 11 heteroatoms. The SMILES string of the molecule is O=C(CN(Cc1c(Cl)cccc1Cl)S(=O)(=O)c1ccc(Cl)cc1)Nc1cccc(Cl)c1Cl. The fraction of sp³-hybridized carbons (Fsp3) is 0.0952. The molecular formula is C21H15Cl5N2O3S. The van der Waals surface area contributed by atoms with Gasteiger partial charge in [-0.15, -0.1) is 0 Å². The Morgan fingerprint density at radius 3 is 2.00 bits per heavy atom. The minimum absolute atomic E-state index is 0.0429. The average molecular weight is 553 g/mol. The average Bonchev–Trinajstić information content (AvgIpc) is 2.73. The first-order valence-electron chi connectivity index (χ1n) is 9.02. The van der Waals surface area contributed by atoms with E-state index in [0.29, 0.717) is 10.6 Å². The third kappa shape index (κ3) is 5.88. The van der Waals surface area contributed by atoms with Crippen LogP contribution in [0.4, 0.5) is 5.69 Å². The van der Waals surface area contributed by atoms with Gasteiger partial charge in [0, 0.05) is 27.2 Å². The number of nitrogens with zero attached hydrogens (tertiary/aromatic N) is 1. The first kappa shape index (κ1) is 25.1. The summed E-state index contributed by atoms with van der Waals surface area (Å²) in [5.41, 5.74) is 0.616. The molecule has 0 bridgehead atoms. The van der Waals surface area contributed by atoms with Crippen LogP contribution in [0.3, 0.4) is 0 Å². The third-order valence-electron chi connectivity index (χ3n) is 4.39. The summed E-state index contributed by atoms with van der Waals surface area (Å²) in [6, 6.07) is 15.1. The van der Waals surface area contributed by atoms with E-state index in [9.17, 15) is 13.2 Å². The molecule has 168 valence electrons. The summed E-state index contributed by atoms with van der Waals surface area (Å²) in [6.07, 6.45) is 0. The zero-order valence-electron chi connectivity index (χ0n) is 16.2. The van der Waals surface area contributed by atoms with Gasteiger partial charge >= 0.3 is 0 Å². The van der Waals surface area contributed by atoms with Gasteiger partial charge in [-0.05, 0) is 48.5 Å². The van der Waals surface area contributed by atoms with Crippen LogP contribution in [-0.4, -0.2) is 25.2 Å². The van der Waals surface area contributed by atoms with E-state index in [1.165, 1.54) is 24.3 Å². The lowest BCUT2D eigenvalue weighted by Gasteiger charge is -2.23. The Labute approximate surface area is 210 Å². The van der Waals surface area contributed by atoms with Gasteiger partial charge < -0.3 is 5.32 Å². The number of anilines is 1. The van der Waals surface area contributed by atoms with Crippen molar-refractivity contribution in [1.29, 1.82) is 0 Å². The molecule has 0 unspecified atom stereocenters. The van der Waals surface area contributed by atoms with Crippen LogP contribution in [0.25, 0.3) is 0 Å². The van der Waals surface area contributed by atoms with Gasteiger partial charge in [-0.25, -0.2) is 8.42 Å². The molecule has 0 spiro atoms. The highest BCUT2D eigenvalue weighted by atomic mass is 35.5. The van der Waals surface area contributed by atoms with Crippen LogP contribution in [0.15, 0.2) is 65.6 Å². The lowest BCUT2D eigenvalue weighted by Crippen LogP contribution is -2.37. The van der Waals surface area contributed by atoms with Crippen molar-refractivity contribution < 1.29 is 13.2 Å². The van der Waals surface area contributed by atoms with Crippen molar-refractivity contribution in [3.63, 3.8) is 0 Å². The van der Waals surface area contributed by atoms with E-state index >= 15 is 0 Å². The van der Waals surface area contributed by atoms with E-state index in [4.69, 9.17) is 58.0 Å². The summed E-state index contributed by atoms with van der Waals surface area (Å²) in [7, 11) is -4.12. The first-order valence-corrected chi connectivity index (χ1v) is 12.3. The fourth-order valence-electron chi connectivity index (χ4n) is 2.79. The number of carbonyl (C=O) groups excluding carboxylic acids is 1. The molecular weight excluding hydrogens is 538 g/mol. The number of hydrogen-bond acceptors (Lipinski definition) is 3. The molecule has 0 radical (unpaired) electrons. The Balaban J connectivity index is 1.95. The van der Waals surface area contributed by atoms with Crippen molar-refractivity contribution in [3.05, 3.63) is 91.3 Å². The third-order valence-corrected chi connectivity index (χ3v) is 7.98. The van der Waals surface area contributed by atoms with Gasteiger partial charge in [-0.3, -0.25) is 4.79 Å². The standard InChI is InChI=1S/C21H15Cl5N2O3S/c22-13-7-9-14(10-8-13)32(30,31)28(11-15-16(23)3-1-4-17(15)24)12-20(29)27-19-6-2-5-18(25)21(19)26/h1-10H,11-12H2,(H,27,29). The topological polar surface area (TPSA) is 66.5 Å². The number of benzene rings is 3. The minimum Gasteiger partial charge on any atom is -0.324 e. The predicted octanol–water partition coefficient (Wildman–Crippen LogP) is 6.78. The molecule has 0 saturated carbocycles. The Hall–Kier alpha value is -1.51. The van der Waals surface area contributed by atoms with Gasteiger partial charge in [0.2, 0.25) is 15.9 Å². The summed E-state index contributed by atoms with van der Waals surface area (Å²) < 4.78 is 27.7. The van der Waals surface area contributed by atoms with Crippen molar-refractivity contribution in [2.75, 3.05) is 11.9 Å². The van der Waals surface area contributed by atoms with Gasteiger partial charge in [-0.2, -0.15) is 4.31 Å². The summed E-state index contributed by atoms with van der Waals surface area (Å²) in [5.74, 6) is -0.630. The molecule has 1 N–H and O–H groups in total. The highest BCUT2D eigenvalue weighted by Gasteiger charge is 2.28. The molecule has 0 heterocycles. The Morgan fingerprint density at radius 2 is 1.38 bits per heavy atom. The van der Waals surface area contributed by atoms with E-state index in [0.717, 1.165) is 4.31 Å². The van der Waals surface area contributed by atoms with Crippen molar-refractivity contribution in [2.45, 2.75) is 11.4 Å². The summed E-state index contributed by atoms with van der Waals surface area (Å²) in [4.78, 5) is 12.7. The molecule has 0 aliphatic heterocycles. The van der Waals surface area contributed by atoms with Crippen molar-refractivity contribution >= 4 is 79.6 Å². The number of rotatable bonds is 7. The van der Waals surface area contributed by atoms with Gasteiger partial charge in [0.05, 0.1) is 27.2 Å². The van der Waals surface area contributed by atoms with E-state index in [-0.39, 0.29) is 37.2 Å². The van der Waals surface area contributed by atoms with Crippen molar-refractivity contribution in [1.82, 2.24) is 4.31 Å². The molecule has 1 amide bonds. The van der Waals surface area contributed by atoms with Crippen LogP contribution in [-0.2, 0) is 21.4 Å². The van der Waals surface area contributed by atoms with Crippen LogP contribution < -0.4 is 5.32 Å². The zero-order valence-corrected chi connectivity index (χ0v) is 20.8. The van der Waals surface area contributed by atoms with Crippen LogP contribution >= 0.6 is 58.0 Å². The maximum absolute atomic E-state index is 13.3. The second-order valence-electron chi connectivity index (χ2n) is 6.58. The number of sulfonamides is 1. The molecule has 3 aromatic carbocycles. The first-order chi connectivity index (χ1) is 15.1. The number of amides is 1. The van der Waals surface area contributed by atoms with Crippen molar-refractivity contribution in [3.8, 4) is 0 Å². The van der Waals surface area contributed by atoms with E-state index < -0.39 is 22.5 Å². The normalized spacial score (nSPS) is 11.6. The number of hydrogen-bond donors (Lipinski definition) is 1. The molecule has 0 saturated heterocycles. The molecule has 0 atom stereocenters. The maximum atomic E-state index is 13.3. The van der Waals surface area contributed by atoms with Crippen LogP contribution in [0.2, 0.25) is 25.1 Å². The quantitative estimate of drug-likeness (QED) is 0.351. The zero-order chi connectivity index (χ0) is 23.5. The van der Waals surface area contributed by atoms with E-state index in [1.807, 2.05) is 0 Å². The predicted molar refractivity (Wildman–Crippen MR) is 131 cm³/mol. The molecule has 3 aromatic rings. The molecule has 5 nitrogen and oxygen atoms in total. The molecule has 32 heavy (non-hydrogen) atoms. The van der Waals surface area contributed by atoms with Gasteiger partial charge in [-0.1, -0.05) is 70.1 Å². The summed E-state index contributed by atoms with van der Waals surface area (Å²) >= 11 is 30.5. The molecule has 0 aromatic heterocycles.